The van der Waals surface area contributed by atoms with Crippen molar-refractivity contribution in [3.05, 3.63) is 48.0 Å². The molecule has 0 heterocycles. The van der Waals surface area contributed by atoms with Crippen molar-refractivity contribution in [3.63, 3.8) is 0 Å². The molecule has 0 fully saturated rings. The molecule has 7 heteroatoms. The third-order valence-electron chi connectivity index (χ3n) is 4.66. The summed E-state index contributed by atoms with van der Waals surface area (Å²) < 4.78 is 38.8. The zero-order valence-corrected chi connectivity index (χ0v) is 21.3. The van der Waals surface area contributed by atoms with Crippen LogP contribution in [0.25, 0.3) is 0 Å². The summed E-state index contributed by atoms with van der Waals surface area (Å²) in [5.41, 5.74) is 0.582. The molecule has 0 atom stereocenters. The van der Waals surface area contributed by atoms with Gasteiger partial charge in [-0.2, -0.15) is 8.42 Å². The van der Waals surface area contributed by atoms with Crippen LogP contribution in [-0.4, -0.2) is 13.0 Å². The van der Waals surface area contributed by atoms with Gasteiger partial charge in [0.25, 0.3) is 10.1 Å². The Labute approximate surface area is 217 Å². The van der Waals surface area contributed by atoms with Crippen LogP contribution in [0.3, 0.4) is 0 Å². The van der Waals surface area contributed by atoms with Crippen LogP contribution in [0.15, 0.2) is 47.4 Å². The molecule has 0 aliphatic rings. The predicted molar refractivity (Wildman–Crippen MR) is 109 cm³/mol. The van der Waals surface area contributed by atoms with E-state index in [-0.39, 0.29) is 67.8 Å². The molecule has 0 radical (unpaired) electrons. The first kappa shape index (κ1) is 26.6. The van der Waals surface area contributed by atoms with Crippen molar-refractivity contribution in [1.82, 2.24) is 0 Å². The number of aryl methyl sites for hydroxylation is 1. The van der Waals surface area contributed by atoms with Crippen molar-refractivity contribution >= 4 is 10.1 Å². The molecule has 5 nitrogen and oxygen atoms in total. The Hall–Kier alpha value is -0.414. The van der Waals surface area contributed by atoms with Crippen LogP contribution in [0.2, 0.25) is 0 Å². The zero-order chi connectivity index (χ0) is 20.4. The Balaban J connectivity index is 0.00000420. The average molecular weight is 445 g/mol. The fourth-order valence-electron chi connectivity index (χ4n) is 3.17. The van der Waals surface area contributed by atoms with E-state index in [9.17, 15) is 18.1 Å². The third kappa shape index (κ3) is 9.96. The molecule has 0 aliphatic carbocycles. The second-order valence-corrected chi connectivity index (χ2v) is 8.44. The zero-order valence-electron chi connectivity index (χ0n) is 17.4. The first-order valence-corrected chi connectivity index (χ1v) is 11.4. The molecule has 0 aromatic heterocycles. The molecule has 0 unspecified atom stereocenters. The SMILES string of the molecule is CCCCCCCCCCc1ccc(Oc2cccc([O-])c2)cc1S(=O)(=O)O.[K+]. The van der Waals surface area contributed by atoms with E-state index in [1.54, 1.807) is 24.3 Å². The van der Waals surface area contributed by atoms with Gasteiger partial charge in [0.2, 0.25) is 0 Å². The summed E-state index contributed by atoms with van der Waals surface area (Å²) in [6.07, 6.45) is 9.88. The van der Waals surface area contributed by atoms with Crippen LogP contribution in [0.5, 0.6) is 17.2 Å². The summed E-state index contributed by atoms with van der Waals surface area (Å²) in [4.78, 5) is -0.133. The van der Waals surface area contributed by atoms with Crippen LogP contribution in [0.1, 0.15) is 63.9 Å². The average Bonchev–Trinajstić information content (AvgIpc) is 2.64. The van der Waals surface area contributed by atoms with E-state index in [1.807, 2.05) is 0 Å². The van der Waals surface area contributed by atoms with Crippen LogP contribution in [0.4, 0.5) is 0 Å². The number of benzene rings is 2. The van der Waals surface area contributed by atoms with E-state index in [2.05, 4.69) is 6.92 Å². The summed E-state index contributed by atoms with van der Waals surface area (Å²) in [6.45, 7) is 2.20. The monoisotopic (exact) mass is 444 g/mol. The molecule has 154 valence electrons. The van der Waals surface area contributed by atoms with Crippen LogP contribution < -0.4 is 61.2 Å². The van der Waals surface area contributed by atoms with Crippen molar-refractivity contribution in [2.45, 2.75) is 69.6 Å². The standard InChI is InChI=1S/C22H30O5S.K/c1-2-3-4-5-6-7-8-9-11-18-14-15-21(17-22(18)28(24,25)26)27-20-13-10-12-19(23)16-20;/h10,12-17,23H,2-9,11H2,1H3,(H,24,25,26);/q;+1/p-1. The van der Waals surface area contributed by atoms with Crippen LogP contribution >= 0.6 is 0 Å². The number of ether oxygens (including phenoxy) is 1. The first-order valence-electron chi connectivity index (χ1n) is 9.95. The van der Waals surface area contributed by atoms with Gasteiger partial charge in [-0.3, -0.25) is 4.55 Å². The molecule has 29 heavy (non-hydrogen) atoms. The number of hydrogen-bond acceptors (Lipinski definition) is 4. The fraction of sp³-hybridized carbons (Fsp3) is 0.455. The summed E-state index contributed by atoms with van der Waals surface area (Å²) >= 11 is 0. The molecule has 1 N–H and O–H groups in total. The molecule has 2 rings (SSSR count). The maximum Gasteiger partial charge on any atom is 1.00 e. The summed E-state index contributed by atoms with van der Waals surface area (Å²) in [6, 6.07) is 10.5. The Bertz CT molecular complexity index is 852. The van der Waals surface area contributed by atoms with Crippen molar-refractivity contribution in [2.24, 2.45) is 0 Å². The summed E-state index contributed by atoms with van der Waals surface area (Å²) in [5.74, 6) is 0.390. The Morgan fingerprint density at radius 3 is 2.14 bits per heavy atom. The van der Waals surface area contributed by atoms with Gasteiger partial charge in [-0.1, -0.05) is 70.1 Å². The smallest absolute Gasteiger partial charge is 0.872 e. The molecule has 2 aromatic rings. The minimum Gasteiger partial charge on any atom is -0.872 e. The largest absolute Gasteiger partial charge is 1.00 e. The second-order valence-electron chi connectivity index (χ2n) is 7.05. The maximum absolute atomic E-state index is 11.8. The number of hydrogen-bond donors (Lipinski definition) is 1. The molecule has 0 saturated carbocycles. The summed E-state index contributed by atoms with van der Waals surface area (Å²) in [5, 5.41) is 11.4. The number of unbranched alkanes of at least 4 members (excludes halogenated alkanes) is 7. The van der Waals surface area contributed by atoms with E-state index in [0.717, 1.165) is 19.3 Å². The molecule has 0 saturated heterocycles. The van der Waals surface area contributed by atoms with Gasteiger partial charge in [0.15, 0.2) is 0 Å². The van der Waals surface area contributed by atoms with Crippen molar-refractivity contribution in [3.8, 4) is 17.2 Å². The number of rotatable bonds is 12. The van der Waals surface area contributed by atoms with Crippen molar-refractivity contribution < 1.29 is 74.2 Å². The first-order chi connectivity index (χ1) is 13.4. The van der Waals surface area contributed by atoms with Gasteiger partial charge in [-0.15, -0.1) is 5.75 Å². The van der Waals surface area contributed by atoms with Gasteiger partial charge in [-0.05, 0) is 36.6 Å². The molecular weight excluding hydrogens is 415 g/mol. The van der Waals surface area contributed by atoms with Gasteiger partial charge in [0.05, 0.1) is 0 Å². The van der Waals surface area contributed by atoms with E-state index in [1.165, 1.54) is 50.3 Å². The van der Waals surface area contributed by atoms with E-state index >= 15 is 0 Å². The van der Waals surface area contributed by atoms with E-state index in [0.29, 0.717) is 17.7 Å². The fourth-order valence-corrected chi connectivity index (χ4v) is 3.93. The Morgan fingerprint density at radius 2 is 1.52 bits per heavy atom. The van der Waals surface area contributed by atoms with Gasteiger partial charge in [0.1, 0.15) is 16.4 Å². The van der Waals surface area contributed by atoms with Crippen LogP contribution in [0, 0.1) is 0 Å². The minimum atomic E-state index is -4.36. The predicted octanol–water partition coefficient (Wildman–Crippen LogP) is 2.49. The third-order valence-corrected chi connectivity index (χ3v) is 5.59. The minimum absolute atomic E-state index is 0. The molecule has 0 bridgehead atoms. The van der Waals surface area contributed by atoms with E-state index < -0.39 is 10.1 Å². The van der Waals surface area contributed by atoms with Crippen molar-refractivity contribution in [2.75, 3.05) is 0 Å². The van der Waals surface area contributed by atoms with Crippen molar-refractivity contribution in [1.29, 1.82) is 0 Å². The maximum atomic E-state index is 11.8. The summed E-state index contributed by atoms with van der Waals surface area (Å²) in [7, 11) is -4.36. The Kier molecular flexibility index (Phi) is 12.7. The molecule has 0 aliphatic heterocycles. The molecule has 0 amide bonds. The van der Waals surface area contributed by atoms with Crippen LogP contribution in [-0.2, 0) is 16.5 Å². The van der Waals surface area contributed by atoms with Gasteiger partial charge in [0, 0.05) is 6.07 Å². The quantitative estimate of drug-likeness (QED) is 0.309. The van der Waals surface area contributed by atoms with Gasteiger partial charge < -0.3 is 9.84 Å². The second kappa shape index (κ2) is 13.8. The topological polar surface area (TPSA) is 86.7 Å². The van der Waals surface area contributed by atoms with E-state index in [4.69, 9.17) is 4.74 Å². The normalized spacial score (nSPS) is 11.1. The molecule has 0 spiro atoms. The van der Waals surface area contributed by atoms with Gasteiger partial charge in [-0.25, -0.2) is 0 Å². The molecular formula is C22H29KO5S. The Morgan fingerprint density at radius 1 is 0.897 bits per heavy atom. The van der Waals surface area contributed by atoms with Gasteiger partial charge >= 0.3 is 51.4 Å². The molecule has 2 aromatic carbocycles.